The van der Waals surface area contributed by atoms with Crippen molar-refractivity contribution >= 4 is 45.4 Å². The molecular formula is C30H27F3N6O2. The number of aryl methyl sites for hydroxylation is 1. The van der Waals surface area contributed by atoms with E-state index in [1.807, 2.05) is 47.9 Å². The van der Waals surface area contributed by atoms with Gasteiger partial charge in [-0.25, -0.2) is 4.98 Å². The van der Waals surface area contributed by atoms with E-state index < -0.39 is 17.6 Å². The fourth-order valence-corrected chi connectivity index (χ4v) is 5.55. The first-order chi connectivity index (χ1) is 19.6. The maximum absolute atomic E-state index is 13.8. The van der Waals surface area contributed by atoms with E-state index in [1.165, 1.54) is 12.1 Å². The number of nitrogens with zero attached hydrogens (tertiary/aromatic N) is 3. The van der Waals surface area contributed by atoms with Gasteiger partial charge in [-0.3, -0.25) is 9.59 Å². The Morgan fingerprint density at radius 2 is 1.78 bits per heavy atom. The molecule has 41 heavy (non-hydrogen) atoms. The summed E-state index contributed by atoms with van der Waals surface area (Å²) in [6, 6.07) is 17.5. The fraction of sp³-hybridized carbons (Fsp3) is 0.233. The number of nitrogens with two attached hydrogens (primary N) is 1. The number of imidazole rings is 1. The number of aromatic amines is 1. The van der Waals surface area contributed by atoms with Crippen molar-refractivity contribution in [1.82, 2.24) is 19.4 Å². The predicted molar refractivity (Wildman–Crippen MR) is 151 cm³/mol. The number of alkyl halides is 3. The number of halogens is 3. The molecule has 11 heteroatoms. The number of amides is 2. The summed E-state index contributed by atoms with van der Waals surface area (Å²) < 4.78 is 41.8. The molecule has 5 aromatic rings. The highest BCUT2D eigenvalue weighted by Crippen LogP contribution is 2.34. The Balaban J connectivity index is 1.27. The van der Waals surface area contributed by atoms with Crippen LogP contribution in [0.1, 0.15) is 50.9 Å². The number of benzene rings is 3. The molecule has 0 spiro atoms. The minimum absolute atomic E-state index is 0.0666. The monoisotopic (exact) mass is 560 g/mol. The van der Waals surface area contributed by atoms with E-state index in [2.05, 4.69) is 15.3 Å². The molecule has 3 heterocycles. The molecule has 1 saturated heterocycles. The Morgan fingerprint density at radius 3 is 2.54 bits per heavy atom. The van der Waals surface area contributed by atoms with E-state index >= 15 is 0 Å². The van der Waals surface area contributed by atoms with Gasteiger partial charge in [-0.2, -0.15) is 13.2 Å². The number of para-hydroxylation sites is 2. The van der Waals surface area contributed by atoms with Crippen molar-refractivity contribution in [2.75, 3.05) is 24.1 Å². The largest absolute Gasteiger partial charge is 0.416 e. The summed E-state index contributed by atoms with van der Waals surface area (Å²) >= 11 is 0. The van der Waals surface area contributed by atoms with Gasteiger partial charge < -0.3 is 25.5 Å². The van der Waals surface area contributed by atoms with Crippen LogP contribution in [0.3, 0.4) is 0 Å². The summed E-state index contributed by atoms with van der Waals surface area (Å²) in [4.78, 5) is 36.2. The summed E-state index contributed by atoms with van der Waals surface area (Å²) in [6.07, 6.45) is -3.28. The second-order valence-corrected chi connectivity index (χ2v) is 10.3. The lowest BCUT2D eigenvalue weighted by atomic mass is 10.0. The van der Waals surface area contributed by atoms with Crippen molar-refractivity contribution < 1.29 is 22.8 Å². The van der Waals surface area contributed by atoms with Crippen LogP contribution in [0.25, 0.3) is 21.9 Å². The van der Waals surface area contributed by atoms with Gasteiger partial charge in [0, 0.05) is 35.6 Å². The van der Waals surface area contributed by atoms with E-state index in [1.54, 1.807) is 11.0 Å². The lowest BCUT2D eigenvalue weighted by molar-refractivity contribution is -0.137. The zero-order valence-corrected chi connectivity index (χ0v) is 22.1. The Morgan fingerprint density at radius 1 is 1.02 bits per heavy atom. The van der Waals surface area contributed by atoms with Gasteiger partial charge in [-0.05, 0) is 62.2 Å². The third-order valence-electron chi connectivity index (χ3n) is 7.60. The molecule has 2 aromatic heterocycles. The molecule has 1 aliphatic heterocycles. The minimum Gasteiger partial charge on any atom is -0.369 e. The average molecular weight is 561 g/mol. The molecular weight excluding hydrogens is 533 g/mol. The van der Waals surface area contributed by atoms with Crippen molar-refractivity contribution in [1.29, 1.82) is 0 Å². The summed E-state index contributed by atoms with van der Waals surface area (Å²) in [6.45, 7) is 2.78. The molecule has 0 saturated carbocycles. The SMILES string of the molecule is Cc1ccc2[nH]c(C(=O)N3CCC(n4c(N)nc5ccccc54)CC3)c(NC(=O)c3cccc(C(F)(F)F)c3)c2c1. The number of hydrogen-bond donors (Lipinski definition) is 3. The first-order valence-corrected chi connectivity index (χ1v) is 13.2. The first kappa shape index (κ1) is 26.4. The summed E-state index contributed by atoms with van der Waals surface area (Å²) in [7, 11) is 0. The van der Waals surface area contributed by atoms with E-state index in [4.69, 9.17) is 5.73 Å². The molecule has 8 nitrogen and oxygen atoms in total. The number of aromatic nitrogens is 3. The van der Waals surface area contributed by atoms with E-state index in [9.17, 15) is 22.8 Å². The molecule has 0 radical (unpaired) electrons. The van der Waals surface area contributed by atoms with Gasteiger partial charge in [-0.1, -0.05) is 29.8 Å². The molecule has 0 atom stereocenters. The highest BCUT2D eigenvalue weighted by Gasteiger charge is 2.32. The number of likely N-dealkylation sites (tertiary alicyclic amines) is 1. The zero-order valence-electron chi connectivity index (χ0n) is 22.1. The number of H-pyrrole nitrogens is 1. The van der Waals surface area contributed by atoms with Crippen molar-refractivity contribution in [2.45, 2.75) is 32.0 Å². The summed E-state index contributed by atoms with van der Waals surface area (Å²) in [5.74, 6) is -0.615. The zero-order chi connectivity index (χ0) is 28.9. The van der Waals surface area contributed by atoms with E-state index in [0.29, 0.717) is 42.8 Å². The standard InChI is InChI=1S/C30H27F3N6O2/c1-17-9-10-22-21(15-17)25(37-27(40)18-5-4-6-19(16-18)30(31,32)33)26(35-22)28(41)38-13-11-20(12-14-38)39-24-8-3-2-7-23(24)36-29(39)34/h2-10,15-16,20,35H,11-14H2,1H3,(H2,34,36)(H,37,40). The van der Waals surface area contributed by atoms with Crippen LogP contribution in [0.2, 0.25) is 0 Å². The van der Waals surface area contributed by atoms with Crippen LogP contribution in [-0.2, 0) is 6.18 Å². The van der Waals surface area contributed by atoms with Crippen molar-refractivity contribution in [3.63, 3.8) is 0 Å². The minimum atomic E-state index is -4.59. The van der Waals surface area contributed by atoms with Gasteiger partial charge in [-0.15, -0.1) is 0 Å². The van der Waals surface area contributed by atoms with Gasteiger partial charge >= 0.3 is 6.18 Å². The van der Waals surface area contributed by atoms with Gasteiger partial charge in [0.15, 0.2) is 0 Å². The molecule has 3 aromatic carbocycles. The second kappa shape index (κ2) is 9.99. The second-order valence-electron chi connectivity index (χ2n) is 10.3. The first-order valence-electron chi connectivity index (χ1n) is 13.2. The predicted octanol–water partition coefficient (Wildman–Crippen LogP) is 6.16. The number of hydrogen-bond acceptors (Lipinski definition) is 4. The number of anilines is 2. The smallest absolute Gasteiger partial charge is 0.369 e. The van der Waals surface area contributed by atoms with Gasteiger partial charge in [0.1, 0.15) is 5.69 Å². The van der Waals surface area contributed by atoms with Crippen LogP contribution < -0.4 is 11.1 Å². The summed E-state index contributed by atoms with van der Waals surface area (Å²) in [5, 5.41) is 3.32. The third kappa shape index (κ3) is 4.88. The molecule has 1 fully saturated rings. The normalized spacial score (nSPS) is 14.6. The van der Waals surface area contributed by atoms with E-state index in [0.717, 1.165) is 28.7 Å². The van der Waals surface area contributed by atoms with Crippen molar-refractivity contribution in [2.24, 2.45) is 0 Å². The van der Waals surface area contributed by atoms with Crippen molar-refractivity contribution in [3.8, 4) is 0 Å². The lowest BCUT2D eigenvalue weighted by Crippen LogP contribution is -2.39. The van der Waals surface area contributed by atoms with Crippen LogP contribution in [0.15, 0.2) is 66.7 Å². The van der Waals surface area contributed by atoms with Crippen LogP contribution in [0.5, 0.6) is 0 Å². The van der Waals surface area contributed by atoms with Gasteiger partial charge in [0.25, 0.3) is 11.8 Å². The quantitative estimate of drug-likeness (QED) is 0.245. The maximum Gasteiger partial charge on any atom is 0.416 e. The number of nitrogen functional groups attached to an aromatic ring is 1. The van der Waals surface area contributed by atoms with Crippen LogP contribution in [0.4, 0.5) is 24.8 Å². The number of fused-ring (bicyclic) bond motifs is 2. The molecule has 4 N–H and O–H groups in total. The van der Waals surface area contributed by atoms with Crippen LogP contribution >= 0.6 is 0 Å². The van der Waals surface area contributed by atoms with Gasteiger partial charge in [0.05, 0.1) is 22.3 Å². The number of carbonyl (C=O) groups is 2. The number of piperidine rings is 1. The number of rotatable bonds is 4. The lowest BCUT2D eigenvalue weighted by Gasteiger charge is -2.33. The maximum atomic E-state index is 13.8. The Bertz CT molecular complexity index is 1800. The van der Waals surface area contributed by atoms with Crippen LogP contribution in [0, 0.1) is 6.92 Å². The Labute approximate surface area is 233 Å². The molecule has 6 rings (SSSR count). The molecule has 2 amide bonds. The number of carbonyl (C=O) groups excluding carboxylic acids is 2. The molecule has 0 bridgehead atoms. The number of nitrogens with one attached hydrogen (secondary N) is 2. The third-order valence-corrected chi connectivity index (χ3v) is 7.60. The average Bonchev–Trinajstić information content (AvgIpc) is 3.48. The van der Waals surface area contributed by atoms with Crippen LogP contribution in [-0.4, -0.2) is 44.3 Å². The Kier molecular flexibility index (Phi) is 6.44. The molecule has 1 aliphatic rings. The molecule has 210 valence electrons. The Hall–Kier alpha value is -4.80. The molecule has 0 aliphatic carbocycles. The molecule has 0 unspecified atom stereocenters. The fourth-order valence-electron chi connectivity index (χ4n) is 5.55. The van der Waals surface area contributed by atoms with Gasteiger partial charge in [0.2, 0.25) is 5.95 Å². The topological polar surface area (TPSA) is 109 Å². The summed E-state index contributed by atoms with van der Waals surface area (Å²) in [5.41, 5.74) is 8.86. The van der Waals surface area contributed by atoms with Crippen molar-refractivity contribution in [3.05, 3.63) is 89.1 Å². The highest BCUT2D eigenvalue weighted by molar-refractivity contribution is 6.15. The van der Waals surface area contributed by atoms with E-state index in [-0.39, 0.29) is 28.9 Å². The highest BCUT2D eigenvalue weighted by atomic mass is 19.4.